The van der Waals surface area contributed by atoms with Crippen LogP contribution >= 0.6 is 0 Å². The first kappa shape index (κ1) is 23.1. The summed E-state index contributed by atoms with van der Waals surface area (Å²) in [5.41, 5.74) is 1.60. The summed E-state index contributed by atoms with van der Waals surface area (Å²) in [5.74, 6) is -0.667. The molecule has 2 heterocycles. The van der Waals surface area contributed by atoms with Gasteiger partial charge in [0.25, 0.3) is 0 Å². The molecule has 0 bridgehead atoms. The first-order valence-electron chi connectivity index (χ1n) is 11.2. The number of carbonyl (C=O) groups excluding carboxylic acids is 1. The first-order chi connectivity index (χ1) is 15.9. The second-order valence-electron chi connectivity index (χ2n) is 8.33. The summed E-state index contributed by atoms with van der Waals surface area (Å²) in [7, 11) is -3.61. The lowest BCUT2D eigenvalue weighted by Crippen LogP contribution is -2.25. The van der Waals surface area contributed by atoms with Crippen molar-refractivity contribution in [3.05, 3.63) is 65.7 Å². The molecule has 0 spiro atoms. The highest BCUT2D eigenvalue weighted by atomic mass is 32.2. The van der Waals surface area contributed by atoms with E-state index in [-0.39, 0.29) is 11.4 Å². The van der Waals surface area contributed by atoms with E-state index in [1.165, 1.54) is 12.1 Å². The molecule has 1 aromatic heterocycles. The number of fused-ring (bicyclic) bond motifs is 1. The van der Waals surface area contributed by atoms with Crippen LogP contribution in [-0.4, -0.2) is 40.6 Å². The third kappa shape index (κ3) is 6.04. The monoisotopic (exact) mass is 470 g/mol. The van der Waals surface area contributed by atoms with Gasteiger partial charge >= 0.3 is 0 Å². The summed E-state index contributed by atoms with van der Waals surface area (Å²) in [6.45, 7) is 0.790. The van der Waals surface area contributed by atoms with Crippen molar-refractivity contribution in [2.45, 2.75) is 45.1 Å². The van der Waals surface area contributed by atoms with Gasteiger partial charge in [0.2, 0.25) is 5.91 Å². The molecular weight excluding hydrogens is 443 g/mol. The van der Waals surface area contributed by atoms with Crippen molar-refractivity contribution >= 4 is 21.4 Å². The minimum absolute atomic E-state index is 0.0667. The number of hydrogen-bond acceptors (Lipinski definition) is 5. The predicted molar refractivity (Wildman–Crippen MR) is 125 cm³/mol. The molecule has 33 heavy (non-hydrogen) atoms. The van der Waals surface area contributed by atoms with E-state index in [2.05, 4.69) is 15.5 Å². The van der Waals surface area contributed by atoms with Gasteiger partial charge in [-0.1, -0.05) is 36.8 Å². The predicted octanol–water partition coefficient (Wildman–Crippen LogP) is 3.80. The number of halogens is 1. The number of nitrogens with zero attached hydrogens (tertiary/aromatic N) is 3. The third-order valence-electron chi connectivity index (χ3n) is 5.72. The number of anilines is 1. The molecule has 1 N–H and O–H groups in total. The fraction of sp³-hybridized carbons (Fsp3) is 0.375. The number of benzene rings is 2. The van der Waals surface area contributed by atoms with Crippen molar-refractivity contribution < 1.29 is 17.6 Å². The van der Waals surface area contributed by atoms with Crippen LogP contribution in [0.2, 0.25) is 0 Å². The molecule has 3 aromatic rings. The van der Waals surface area contributed by atoms with E-state index in [1.807, 2.05) is 34.9 Å². The van der Waals surface area contributed by atoms with Crippen LogP contribution in [0.1, 0.15) is 37.1 Å². The maximum atomic E-state index is 14.4. The summed E-state index contributed by atoms with van der Waals surface area (Å²) in [5, 5.41) is 10.9. The van der Waals surface area contributed by atoms with Crippen molar-refractivity contribution in [3.63, 3.8) is 0 Å². The Bertz CT molecular complexity index is 1230. The van der Waals surface area contributed by atoms with Crippen LogP contribution in [0.25, 0.3) is 11.4 Å². The molecule has 4 rings (SSSR count). The number of carbonyl (C=O) groups is 1. The molecule has 7 nitrogen and oxygen atoms in total. The molecule has 1 amide bonds. The van der Waals surface area contributed by atoms with E-state index < -0.39 is 27.3 Å². The lowest BCUT2D eigenvalue weighted by Gasteiger charge is -2.11. The summed E-state index contributed by atoms with van der Waals surface area (Å²) in [6, 6.07) is 13.9. The zero-order valence-electron chi connectivity index (χ0n) is 18.3. The fourth-order valence-corrected chi connectivity index (χ4v) is 5.26. The molecule has 1 aliphatic rings. The highest BCUT2D eigenvalue weighted by Gasteiger charge is 2.20. The standard InChI is InChI=1S/C24H27FN4O3S/c25-20-13-12-19(24-28-27-22-11-5-2-6-14-29(22)24)16-21(20)26-23(30)17-33(31,32)15-7-10-18-8-3-1-4-9-18/h1,3-4,8-9,12-13,16H,2,5-7,10-11,14-15,17H2,(H,26,30). The van der Waals surface area contributed by atoms with Crippen molar-refractivity contribution in [2.75, 3.05) is 16.8 Å². The SMILES string of the molecule is O=C(CS(=O)(=O)CCCc1ccccc1)Nc1cc(-c2nnc3n2CCCCC3)ccc1F. The van der Waals surface area contributed by atoms with Gasteiger partial charge in [0.15, 0.2) is 15.7 Å². The molecule has 0 fully saturated rings. The summed E-state index contributed by atoms with van der Waals surface area (Å²) >= 11 is 0. The van der Waals surface area contributed by atoms with E-state index in [0.717, 1.165) is 43.6 Å². The second-order valence-corrected chi connectivity index (χ2v) is 10.5. The Morgan fingerprint density at radius 1 is 1.06 bits per heavy atom. The summed E-state index contributed by atoms with van der Waals surface area (Å²) < 4.78 is 41.2. The number of nitrogens with one attached hydrogen (secondary N) is 1. The average Bonchev–Trinajstić information content (AvgIpc) is 3.03. The minimum atomic E-state index is -3.61. The Morgan fingerprint density at radius 3 is 2.70 bits per heavy atom. The number of rotatable bonds is 8. The first-order valence-corrected chi connectivity index (χ1v) is 13.0. The van der Waals surface area contributed by atoms with E-state index in [1.54, 1.807) is 6.07 Å². The van der Waals surface area contributed by atoms with Gasteiger partial charge in [-0.2, -0.15) is 0 Å². The number of amides is 1. The Labute approximate surface area is 193 Å². The number of aromatic nitrogens is 3. The maximum absolute atomic E-state index is 14.4. The smallest absolute Gasteiger partial charge is 0.239 e. The zero-order chi connectivity index (χ0) is 23.3. The highest BCUT2D eigenvalue weighted by molar-refractivity contribution is 7.92. The lowest BCUT2D eigenvalue weighted by molar-refractivity contribution is -0.113. The summed E-state index contributed by atoms with van der Waals surface area (Å²) in [6.07, 6.45) is 5.07. The largest absolute Gasteiger partial charge is 0.323 e. The fourth-order valence-electron chi connectivity index (χ4n) is 4.06. The molecule has 0 atom stereocenters. The van der Waals surface area contributed by atoms with Crippen LogP contribution in [0.3, 0.4) is 0 Å². The zero-order valence-corrected chi connectivity index (χ0v) is 19.2. The van der Waals surface area contributed by atoms with Gasteiger partial charge in [0.05, 0.1) is 11.4 Å². The molecule has 1 aliphatic heterocycles. The Morgan fingerprint density at radius 2 is 1.88 bits per heavy atom. The van der Waals surface area contributed by atoms with E-state index >= 15 is 0 Å². The van der Waals surface area contributed by atoms with Crippen LogP contribution in [-0.2, 0) is 34.0 Å². The van der Waals surface area contributed by atoms with Crippen LogP contribution < -0.4 is 5.32 Å². The Hall–Kier alpha value is -3.07. The van der Waals surface area contributed by atoms with Crippen LogP contribution in [0.4, 0.5) is 10.1 Å². The number of sulfone groups is 1. The van der Waals surface area contributed by atoms with Crippen LogP contribution in [0.5, 0.6) is 0 Å². The van der Waals surface area contributed by atoms with E-state index in [9.17, 15) is 17.6 Å². The van der Waals surface area contributed by atoms with Crippen molar-refractivity contribution in [3.8, 4) is 11.4 Å². The molecule has 2 aromatic carbocycles. The molecular formula is C24H27FN4O3S. The highest BCUT2D eigenvalue weighted by Crippen LogP contribution is 2.26. The third-order valence-corrected chi connectivity index (χ3v) is 7.34. The molecule has 0 saturated carbocycles. The number of hydrogen-bond donors (Lipinski definition) is 1. The van der Waals surface area contributed by atoms with Gasteiger partial charge in [-0.3, -0.25) is 4.79 Å². The quantitative estimate of drug-likeness (QED) is 0.541. The van der Waals surface area contributed by atoms with Crippen molar-refractivity contribution in [1.29, 1.82) is 0 Å². The topological polar surface area (TPSA) is 93.9 Å². The molecule has 0 aliphatic carbocycles. The maximum Gasteiger partial charge on any atom is 0.239 e. The van der Waals surface area contributed by atoms with Gasteiger partial charge in [0.1, 0.15) is 17.4 Å². The Balaban J connectivity index is 1.40. The molecule has 174 valence electrons. The van der Waals surface area contributed by atoms with Gasteiger partial charge in [-0.25, -0.2) is 12.8 Å². The van der Waals surface area contributed by atoms with Gasteiger partial charge in [-0.05, 0) is 49.4 Å². The van der Waals surface area contributed by atoms with Gasteiger partial charge in [0, 0.05) is 18.5 Å². The number of aryl methyl sites for hydroxylation is 2. The minimum Gasteiger partial charge on any atom is -0.323 e. The van der Waals surface area contributed by atoms with Crippen molar-refractivity contribution in [2.24, 2.45) is 0 Å². The van der Waals surface area contributed by atoms with Crippen LogP contribution in [0, 0.1) is 5.82 Å². The second kappa shape index (κ2) is 10.2. The normalized spacial score (nSPS) is 13.8. The molecule has 0 radical (unpaired) electrons. The Kier molecular flexibility index (Phi) is 7.17. The van der Waals surface area contributed by atoms with E-state index in [4.69, 9.17) is 0 Å². The molecule has 0 saturated heterocycles. The van der Waals surface area contributed by atoms with Gasteiger partial charge < -0.3 is 9.88 Å². The van der Waals surface area contributed by atoms with Crippen molar-refractivity contribution in [1.82, 2.24) is 14.8 Å². The van der Waals surface area contributed by atoms with Gasteiger partial charge in [-0.15, -0.1) is 10.2 Å². The van der Waals surface area contributed by atoms with E-state index in [0.29, 0.717) is 24.2 Å². The van der Waals surface area contributed by atoms with Crippen LogP contribution in [0.15, 0.2) is 48.5 Å². The summed E-state index contributed by atoms with van der Waals surface area (Å²) in [4.78, 5) is 12.4. The lowest BCUT2D eigenvalue weighted by atomic mass is 10.1. The molecule has 0 unspecified atom stereocenters. The molecule has 9 heteroatoms. The average molecular weight is 471 g/mol.